The molecule has 0 heterocycles. The summed E-state index contributed by atoms with van der Waals surface area (Å²) in [6.07, 6.45) is 31.6. The van der Waals surface area contributed by atoms with Crippen LogP contribution < -0.4 is 0 Å². The zero-order valence-electron chi connectivity index (χ0n) is 30.0. The molecular weight excluding hydrogens is 580 g/mol. The Morgan fingerprint density at radius 2 is 0.804 bits per heavy atom. The van der Waals surface area contributed by atoms with Crippen molar-refractivity contribution in [2.45, 2.75) is 213 Å². The topological polar surface area (TPSA) is 118 Å². The van der Waals surface area contributed by atoms with Gasteiger partial charge in [0.2, 0.25) is 5.78 Å². The van der Waals surface area contributed by atoms with Crippen LogP contribution in [0.2, 0.25) is 0 Å². The van der Waals surface area contributed by atoms with Gasteiger partial charge in [-0.25, -0.2) is 4.79 Å². The van der Waals surface area contributed by atoms with Gasteiger partial charge in [-0.1, -0.05) is 187 Å². The number of esters is 2. The molecule has 0 aromatic heterocycles. The van der Waals surface area contributed by atoms with Crippen molar-refractivity contribution >= 4 is 23.5 Å². The zero-order valence-corrected chi connectivity index (χ0v) is 30.0. The summed E-state index contributed by atoms with van der Waals surface area (Å²) in [4.78, 5) is 50.2. The van der Waals surface area contributed by atoms with Crippen molar-refractivity contribution in [3.05, 3.63) is 0 Å². The number of aliphatic hydroxyl groups is 2. The molecule has 0 saturated carbocycles. The first-order chi connectivity index (χ1) is 22.4. The minimum atomic E-state index is -1.85. The van der Waals surface area contributed by atoms with E-state index in [0.29, 0.717) is 12.8 Å². The van der Waals surface area contributed by atoms with Crippen molar-refractivity contribution in [3.63, 3.8) is 0 Å². The van der Waals surface area contributed by atoms with Crippen molar-refractivity contribution in [2.24, 2.45) is 5.92 Å². The molecule has 0 aliphatic carbocycles. The third-order valence-electron chi connectivity index (χ3n) is 9.13. The predicted octanol–water partition coefficient (Wildman–Crippen LogP) is 9.91. The molecule has 0 bridgehead atoms. The zero-order chi connectivity index (χ0) is 34.1. The van der Waals surface area contributed by atoms with E-state index in [9.17, 15) is 24.3 Å². The number of aliphatic hydroxyl groups excluding tert-OH is 2. The molecule has 7 heteroatoms. The van der Waals surface area contributed by atoms with Crippen LogP contribution in [0.4, 0.5) is 0 Å². The number of carbonyl (C=O) groups excluding carboxylic acids is 4. The number of carbonyl (C=O) groups is 4. The summed E-state index contributed by atoms with van der Waals surface area (Å²) in [6.45, 7) is 3.60. The van der Waals surface area contributed by atoms with E-state index in [4.69, 9.17) is 5.11 Å². The van der Waals surface area contributed by atoms with Crippen LogP contribution in [0.25, 0.3) is 0 Å². The van der Waals surface area contributed by atoms with Gasteiger partial charge in [-0.05, 0) is 12.8 Å². The maximum atomic E-state index is 13.0. The molecule has 0 rings (SSSR count). The van der Waals surface area contributed by atoms with Gasteiger partial charge in [0, 0.05) is 6.42 Å². The van der Waals surface area contributed by atoms with E-state index < -0.39 is 42.1 Å². The number of ether oxygens (including phenoxy) is 1. The first-order valence-electron chi connectivity index (χ1n) is 19.5. The lowest BCUT2D eigenvalue weighted by Gasteiger charge is -2.15. The number of hydrogen-bond donors (Lipinski definition) is 2. The summed E-state index contributed by atoms with van der Waals surface area (Å²) in [6, 6.07) is 0. The van der Waals surface area contributed by atoms with Crippen LogP contribution in [-0.4, -0.2) is 46.4 Å². The second-order valence-electron chi connectivity index (χ2n) is 13.5. The molecule has 0 radical (unpaired) electrons. The fourth-order valence-corrected chi connectivity index (χ4v) is 6.01. The summed E-state index contributed by atoms with van der Waals surface area (Å²) >= 11 is 0. The Labute approximate surface area is 282 Å². The Kier molecular flexibility index (Phi) is 32.1. The summed E-state index contributed by atoms with van der Waals surface area (Å²) in [5, 5.41) is 18.5. The Balaban J connectivity index is 4.28. The summed E-state index contributed by atoms with van der Waals surface area (Å²) in [5.41, 5.74) is 0. The summed E-state index contributed by atoms with van der Waals surface area (Å²) in [5.74, 6) is -5.15. The van der Waals surface area contributed by atoms with Crippen LogP contribution in [0.15, 0.2) is 0 Å². The van der Waals surface area contributed by atoms with E-state index >= 15 is 0 Å². The average Bonchev–Trinajstić information content (AvgIpc) is 3.05. The normalized spacial score (nSPS) is 12.6. The van der Waals surface area contributed by atoms with Crippen molar-refractivity contribution in [1.29, 1.82) is 0 Å². The van der Waals surface area contributed by atoms with Crippen LogP contribution in [0.1, 0.15) is 206 Å². The minimum Gasteiger partial charge on any atom is -0.393 e. The van der Waals surface area contributed by atoms with E-state index in [1.807, 2.05) is 0 Å². The quantitative estimate of drug-likeness (QED) is 0.0303. The summed E-state index contributed by atoms with van der Waals surface area (Å²) < 4.78 is 4.67. The Hall–Kier alpha value is -1.60. The largest absolute Gasteiger partial charge is 0.393 e. The van der Waals surface area contributed by atoms with Crippen LogP contribution in [-0.2, 0) is 23.9 Å². The van der Waals surface area contributed by atoms with Crippen molar-refractivity contribution in [1.82, 2.24) is 0 Å². The van der Waals surface area contributed by atoms with E-state index in [2.05, 4.69) is 18.6 Å². The van der Waals surface area contributed by atoms with Gasteiger partial charge in [0.05, 0.1) is 6.61 Å². The molecule has 270 valence electrons. The van der Waals surface area contributed by atoms with Crippen LogP contribution in [0.3, 0.4) is 0 Å². The van der Waals surface area contributed by atoms with Gasteiger partial charge in [-0.15, -0.1) is 0 Å². The fraction of sp³-hybridized carbons (Fsp3) is 0.897. The number of ketones is 2. The Bertz CT molecular complexity index is 751. The first kappa shape index (κ1) is 44.4. The molecule has 0 amide bonds. The molecule has 2 N–H and O–H groups in total. The molecule has 0 aromatic rings. The van der Waals surface area contributed by atoms with Crippen molar-refractivity contribution in [2.75, 3.05) is 6.61 Å². The van der Waals surface area contributed by atoms with Gasteiger partial charge < -0.3 is 14.9 Å². The molecule has 0 aliphatic rings. The molecule has 0 spiro atoms. The smallest absolute Gasteiger partial charge is 0.345 e. The van der Waals surface area contributed by atoms with Gasteiger partial charge in [-0.3, -0.25) is 14.4 Å². The average molecular weight is 653 g/mol. The number of unbranched alkanes of at least 4 members (excludes halogenated alkanes) is 26. The highest BCUT2D eigenvalue weighted by molar-refractivity contribution is 6.41. The molecule has 0 aromatic carbocycles. The van der Waals surface area contributed by atoms with Gasteiger partial charge >= 0.3 is 11.9 Å². The molecule has 7 nitrogen and oxygen atoms in total. The lowest BCUT2D eigenvalue weighted by Crippen LogP contribution is -2.36. The van der Waals surface area contributed by atoms with E-state index in [0.717, 1.165) is 38.5 Å². The molecular formula is C39H72O7. The molecule has 0 fully saturated rings. The number of Topliss-reactive ketones (excluding diaryl/α,β-unsaturated/α-hetero) is 2. The Morgan fingerprint density at radius 3 is 1.15 bits per heavy atom. The maximum absolute atomic E-state index is 13.0. The number of hydrogen-bond acceptors (Lipinski definition) is 7. The molecule has 46 heavy (non-hydrogen) atoms. The van der Waals surface area contributed by atoms with E-state index in [1.54, 1.807) is 0 Å². The fourth-order valence-electron chi connectivity index (χ4n) is 6.01. The molecule has 2 unspecified atom stereocenters. The third-order valence-corrected chi connectivity index (χ3v) is 9.13. The maximum Gasteiger partial charge on any atom is 0.345 e. The van der Waals surface area contributed by atoms with E-state index in [-0.39, 0.29) is 12.8 Å². The van der Waals surface area contributed by atoms with Gasteiger partial charge in [0.25, 0.3) is 0 Å². The Morgan fingerprint density at radius 1 is 0.478 bits per heavy atom. The third kappa shape index (κ3) is 26.5. The highest BCUT2D eigenvalue weighted by Crippen LogP contribution is 2.19. The molecule has 0 saturated heterocycles. The monoisotopic (exact) mass is 653 g/mol. The lowest BCUT2D eigenvalue weighted by molar-refractivity contribution is -0.171. The minimum absolute atomic E-state index is 0.0899. The van der Waals surface area contributed by atoms with Gasteiger partial charge in [0.15, 0.2) is 11.9 Å². The summed E-state index contributed by atoms with van der Waals surface area (Å²) in [7, 11) is 0. The lowest BCUT2D eigenvalue weighted by atomic mass is 9.92. The van der Waals surface area contributed by atoms with Gasteiger partial charge in [-0.2, -0.15) is 0 Å². The second kappa shape index (κ2) is 33.3. The SMILES string of the molecule is CCCCCCCCCCCCCCCCC(=O)C(=O)C(CCCCCCCCCCCCCCCC)C(=O)OC(=O)C(O)CO. The second-order valence-corrected chi connectivity index (χ2v) is 13.5. The van der Waals surface area contributed by atoms with Crippen molar-refractivity contribution < 1.29 is 34.1 Å². The number of rotatable bonds is 35. The first-order valence-corrected chi connectivity index (χ1v) is 19.5. The van der Waals surface area contributed by atoms with Crippen LogP contribution in [0.5, 0.6) is 0 Å². The predicted molar refractivity (Wildman–Crippen MR) is 188 cm³/mol. The van der Waals surface area contributed by atoms with Crippen molar-refractivity contribution in [3.8, 4) is 0 Å². The molecule has 0 aliphatic heterocycles. The van der Waals surface area contributed by atoms with Crippen LogP contribution in [0, 0.1) is 5.92 Å². The highest BCUT2D eigenvalue weighted by Gasteiger charge is 2.34. The highest BCUT2D eigenvalue weighted by atomic mass is 16.6. The molecule has 2 atom stereocenters. The van der Waals surface area contributed by atoms with Gasteiger partial charge in [0.1, 0.15) is 5.92 Å². The van der Waals surface area contributed by atoms with Crippen LogP contribution >= 0.6 is 0 Å². The standard InChI is InChI=1S/C39H72O7/c1-3-5-7-9-11-13-15-17-19-21-23-25-27-29-31-34(38(44)46-39(45)36(42)33-40)37(43)35(41)32-30-28-26-24-22-20-18-16-14-12-10-8-6-4-2/h34,36,40,42H,3-33H2,1-2H3. The van der Waals surface area contributed by atoms with E-state index in [1.165, 1.54) is 128 Å².